The smallest absolute Gasteiger partial charge is 0.432 e. The first-order valence-electron chi connectivity index (χ1n) is 7.37. The van der Waals surface area contributed by atoms with Crippen LogP contribution < -0.4 is 4.74 Å². The van der Waals surface area contributed by atoms with Crippen molar-refractivity contribution in [3.63, 3.8) is 0 Å². The van der Waals surface area contributed by atoms with Crippen LogP contribution >= 0.6 is 43.5 Å². The van der Waals surface area contributed by atoms with Crippen LogP contribution in [0.4, 0.5) is 17.6 Å². The molecule has 148 valence electrons. The van der Waals surface area contributed by atoms with Gasteiger partial charge >= 0.3 is 12.1 Å². The summed E-state index contributed by atoms with van der Waals surface area (Å²) in [5.41, 5.74) is -1.25. The predicted octanol–water partition coefficient (Wildman–Crippen LogP) is 5.97. The number of ether oxygens (including phenoxy) is 2. The molecule has 27 heavy (non-hydrogen) atoms. The molecule has 0 aliphatic rings. The van der Waals surface area contributed by atoms with E-state index in [4.69, 9.17) is 21.1 Å². The van der Waals surface area contributed by atoms with Gasteiger partial charge in [0.05, 0.1) is 20.7 Å². The highest BCUT2D eigenvalue weighted by Crippen LogP contribution is 2.47. The van der Waals surface area contributed by atoms with Crippen LogP contribution in [0.2, 0.25) is 5.02 Å². The number of benzene rings is 1. The minimum Gasteiger partial charge on any atom is -0.480 e. The summed E-state index contributed by atoms with van der Waals surface area (Å²) in [6.45, 7) is 1.28. The molecule has 0 spiro atoms. The van der Waals surface area contributed by atoms with Crippen LogP contribution in [0, 0.1) is 5.82 Å². The van der Waals surface area contributed by atoms with E-state index in [0.717, 1.165) is 16.7 Å². The summed E-state index contributed by atoms with van der Waals surface area (Å²) in [6, 6.07) is 2.03. The molecule has 0 aliphatic carbocycles. The number of esters is 1. The van der Waals surface area contributed by atoms with E-state index in [0.29, 0.717) is 0 Å². The van der Waals surface area contributed by atoms with Crippen molar-refractivity contribution >= 4 is 49.4 Å². The largest absolute Gasteiger partial charge is 0.480 e. The van der Waals surface area contributed by atoms with Gasteiger partial charge in [-0.15, -0.1) is 0 Å². The van der Waals surface area contributed by atoms with Gasteiger partial charge in [-0.05, 0) is 50.9 Å². The lowest BCUT2D eigenvalue weighted by Crippen LogP contribution is -2.14. The number of halogens is 7. The van der Waals surface area contributed by atoms with Crippen molar-refractivity contribution in [1.82, 2.24) is 4.57 Å². The van der Waals surface area contributed by atoms with Crippen molar-refractivity contribution in [2.75, 3.05) is 13.2 Å². The Morgan fingerprint density at radius 1 is 1.30 bits per heavy atom. The first kappa shape index (κ1) is 22.0. The molecule has 0 amide bonds. The van der Waals surface area contributed by atoms with Crippen LogP contribution in [-0.2, 0) is 22.8 Å². The highest BCUT2D eigenvalue weighted by atomic mass is 79.9. The third kappa shape index (κ3) is 4.60. The van der Waals surface area contributed by atoms with E-state index in [2.05, 4.69) is 31.9 Å². The maximum Gasteiger partial charge on any atom is 0.432 e. The molecule has 2 aromatic rings. The van der Waals surface area contributed by atoms with Crippen LogP contribution in [0.5, 0.6) is 5.75 Å². The van der Waals surface area contributed by atoms with Gasteiger partial charge in [0.25, 0.3) is 0 Å². The third-order valence-electron chi connectivity index (χ3n) is 3.47. The zero-order valence-corrected chi connectivity index (χ0v) is 17.8. The second kappa shape index (κ2) is 8.40. The van der Waals surface area contributed by atoms with Gasteiger partial charge in [-0.25, -0.2) is 9.18 Å². The van der Waals surface area contributed by atoms with Gasteiger partial charge in [-0.2, -0.15) is 13.2 Å². The van der Waals surface area contributed by atoms with E-state index in [1.165, 1.54) is 7.05 Å². The maximum absolute atomic E-state index is 14.5. The molecule has 4 nitrogen and oxygen atoms in total. The van der Waals surface area contributed by atoms with Crippen molar-refractivity contribution in [3.05, 3.63) is 37.7 Å². The number of aromatic nitrogens is 1. The molecule has 0 saturated heterocycles. The summed E-state index contributed by atoms with van der Waals surface area (Å²) in [5.74, 6) is -1.59. The topological polar surface area (TPSA) is 40.5 Å². The number of hydrogen-bond acceptors (Lipinski definition) is 3. The van der Waals surface area contributed by atoms with Crippen LogP contribution in [0.3, 0.4) is 0 Å². The summed E-state index contributed by atoms with van der Waals surface area (Å²) < 4.78 is 64.7. The summed E-state index contributed by atoms with van der Waals surface area (Å²) in [6.07, 6.45) is -4.67. The molecule has 1 heterocycles. The Morgan fingerprint density at radius 2 is 1.93 bits per heavy atom. The summed E-state index contributed by atoms with van der Waals surface area (Å²) in [5, 5.41) is -0.139. The van der Waals surface area contributed by atoms with E-state index in [9.17, 15) is 22.4 Å². The van der Waals surface area contributed by atoms with Crippen molar-refractivity contribution in [2.45, 2.75) is 13.1 Å². The molecular formula is C16H12Br2ClF4NO3. The first-order chi connectivity index (χ1) is 12.5. The van der Waals surface area contributed by atoms with Crippen molar-refractivity contribution < 1.29 is 31.8 Å². The van der Waals surface area contributed by atoms with Gasteiger partial charge in [0.15, 0.2) is 6.61 Å². The normalized spacial score (nSPS) is 11.6. The standard InChI is InChI=1S/C16H12Br2ClF4NO3/c1-3-26-11(25)6-27-10-4-7(9(20)5-8(10)19)12-13(17)14(16(21,22)23)24(2)15(12)18/h4-5H,3,6H2,1-2H3. The molecule has 1 aromatic carbocycles. The fourth-order valence-electron chi connectivity index (χ4n) is 2.34. The first-order valence-corrected chi connectivity index (χ1v) is 9.34. The van der Waals surface area contributed by atoms with Gasteiger partial charge in [-0.3, -0.25) is 0 Å². The van der Waals surface area contributed by atoms with E-state index < -0.39 is 30.3 Å². The van der Waals surface area contributed by atoms with Crippen molar-refractivity contribution in [3.8, 4) is 16.9 Å². The van der Waals surface area contributed by atoms with Crippen molar-refractivity contribution in [1.29, 1.82) is 0 Å². The molecule has 1 aromatic heterocycles. The molecule has 0 aliphatic heterocycles. The lowest BCUT2D eigenvalue weighted by molar-refractivity contribution is -0.145. The van der Waals surface area contributed by atoms with Gasteiger partial charge in [0.1, 0.15) is 17.3 Å². The Labute approximate surface area is 173 Å². The summed E-state index contributed by atoms with van der Waals surface area (Å²) >= 11 is 11.9. The monoisotopic (exact) mass is 535 g/mol. The fraction of sp³-hybridized carbons (Fsp3) is 0.312. The number of carbonyl (C=O) groups is 1. The van der Waals surface area contributed by atoms with Crippen molar-refractivity contribution in [2.24, 2.45) is 7.05 Å². The van der Waals surface area contributed by atoms with Crippen LogP contribution in [0.1, 0.15) is 12.6 Å². The maximum atomic E-state index is 14.5. The van der Waals surface area contributed by atoms with Crippen LogP contribution in [0.15, 0.2) is 21.2 Å². The highest BCUT2D eigenvalue weighted by Gasteiger charge is 2.39. The Kier molecular flexibility index (Phi) is 6.86. The SMILES string of the molecule is CCOC(=O)COc1cc(-c2c(Br)c(C(F)(F)F)n(C)c2Br)c(F)cc1Cl. The van der Waals surface area contributed by atoms with E-state index in [1.54, 1.807) is 6.92 Å². The summed E-state index contributed by atoms with van der Waals surface area (Å²) in [7, 11) is 1.19. The molecule has 2 rings (SSSR count). The number of carbonyl (C=O) groups excluding carboxylic acids is 1. The molecule has 0 atom stereocenters. The zero-order chi connectivity index (χ0) is 20.5. The zero-order valence-electron chi connectivity index (χ0n) is 13.9. The Bertz CT molecular complexity index is 884. The quantitative estimate of drug-likeness (QED) is 0.349. The van der Waals surface area contributed by atoms with E-state index >= 15 is 0 Å². The predicted molar refractivity (Wildman–Crippen MR) is 98.3 cm³/mol. The van der Waals surface area contributed by atoms with Crippen LogP contribution in [0.25, 0.3) is 11.1 Å². The Morgan fingerprint density at radius 3 is 2.44 bits per heavy atom. The minimum absolute atomic E-state index is 0.000680. The van der Waals surface area contributed by atoms with Gasteiger partial charge < -0.3 is 14.0 Å². The van der Waals surface area contributed by atoms with E-state index in [-0.39, 0.29) is 37.6 Å². The molecule has 11 heteroatoms. The second-order valence-corrected chi connectivity index (χ2v) is 7.19. The van der Waals surface area contributed by atoms with E-state index in [1.807, 2.05) is 0 Å². The second-order valence-electron chi connectivity index (χ2n) is 5.24. The van der Waals surface area contributed by atoms with Gasteiger partial charge in [0.2, 0.25) is 0 Å². The Hall–Kier alpha value is -1.26. The minimum atomic E-state index is -4.67. The molecule has 0 radical (unpaired) electrons. The Balaban J connectivity index is 2.54. The van der Waals surface area contributed by atoms with Crippen LogP contribution in [-0.4, -0.2) is 23.8 Å². The summed E-state index contributed by atoms with van der Waals surface area (Å²) in [4.78, 5) is 11.4. The molecular weight excluding hydrogens is 525 g/mol. The average Bonchev–Trinajstić information content (AvgIpc) is 2.77. The third-order valence-corrected chi connectivity index (χ3v) is 5.47. The number of alkyl halides is 3. The lowest BCUT2D eigenvalue weighted by atomic mass is 10.1. The number of hydrogen-bond donors (Lipinski definition) is 0. The molecule has 0 fully saturated rings. The molecule has 0 N–H and O–H groups in total. The highest BCUT2D eigenvalue weighted by molar-refractivity contribution is 9.11. The van der Waals surface area contributed by atoms with Gasteiger partial charge in [0, 0.05) is 18.2 Å². The molecule has 0 saturated carbocycles. The van der Waals surface area contributed by atoms with Gasteiger partial charge in [-0.1, -0.05) is 11.6 Å². The average molecular weight is 538 g/mol. The molecule has 0 unspecified atom stereocenters. The molecule has 0 bridgehead atoms. The number of nitrogens with zero attached hydrogens (tertiary/aromatic N) is 1. The lowest BCUT2D eigenvalue weighted by Gasteiger charge is -2.11. The number of rotatable bonds is 5. The fourth-order valence-corrected chi connectivity index (χ4v) is 4.29.